The molecule has 3 rings (SSSR count). The Morgan fingerprint density at radius 1 is 0.882 bits per heavy atom. The van der Waals surface area contributed by atoms with Crippen molar-refractivity contribution >= 4 is 17.8 Å². The molecule has 0 heterocycles. The van der Waals surface area contributed by atoms with E-state index in [2.05, 4.69) is 13.8 Å². The van der Waals surface area contributed by atoms with Crippen LogP contribution in [0, 0.1) is 17.8 Å². The van der Waals surface area contributed by atoms with E-state index in [1.165, 1.54) is 0 Å². The van der Waals surface area contributed by atoms with E-state index in [1.807, 2.05) is 48.5 Å². The van der Waals surface area contributed by atoms with Crippen molar-refractivity contribution in [3.63, 3.8) is 0 Å². The summed E-state index contributed by atoms with van der Waals surface area (Å²) in [5.41, 5.74) is 7.89. The maximum atomic E-state index is 13.7. The number of aliphatic carboxylic acids is 1. The fourth-order valence-electron chi connectivity index (χ4n) is 4.91. The Morgan fingerprint density at radius 3 is 1.85 bits per heavy atom. The van der Waals surface area contributed by atoms with Crippen molar-refractivity contribution in [3.8, 4) is 0 Å². The number of nitrogens with zero attached hydrogens (tertiary/aromatic N) is 1. The van der Waals surface area contributed by atoms with E-state index in [4.69, 9.17) is 5.73 Å². The van der Waals surface area contributed by atoms with Crippen LogP contribution in [0.4, 0.5) is 0 Å². The molecule has 0 aliphatic heterocycles. The summed E-state index contributed by atoms with van der Waals surface area (Å²) in [6, 6.07) is 16.1. The van der Waals surface area contributed by atoms with Crippen molar-refractivity contribution in [3.05, 3.63) is 71.8 Å². The summed E-state index contributed by atoms with van der Waals surface area (Å²) in [4.78, 5) is 40.6. The summed E-state index contributed by atoms with van der Waals surface area (Å²) >= 11 is 0. The molecule has 2 unspecified atom stereocenters. The zero-order valence-corrected chi connectivity index (χ0v) is 20.1. The van der Waals surface area contributed by atoms with Crippen molar-refractivity contribution in [1.82, 2.24) is 4.90 Å². The van der Waals surface area contributed by atoms with E-state index in [0.29, 0.717) is 24.7 Å². The molecule has 0 aromatic heterocycles. The van der Waals surface area contributed by atoms with E-state index in [-0.39, 0.29) is 18.8 Å². The normalized spacial score (nSPS) is 19.9. The van der Waals surface area contributed by atoms with Crippen LogP contribution in [0.5, 0.6) is 0 Å². The van der Waals surface area contributed by atoms with Crippen LogP contribution in [0.25, 0.3) is 0 Å². The number of imide groups is 1. The predicted octanol–water partition coefficient (Wildman–Crippen LogP) is 4.07. The molecule has 6 heteroatoms. The van der Waals surface area contributed by atoms with Crippen LogP contribution in [0.1, 0.15) is 50.7 Å². The zero-order chi connectivity index (χ0) is 24.7. The minimum atomic E-state index is -1.30. The number of hydrogen-bond donors (Lipinski definition) is 2. The molecular weight excluding hydrogens is 428 g/mol. The summed E-state index contributed by atoms with van der Waals surface area (Å²) in [5, 5.41) is 10.1. The number of carboxylic acid groups (broad SMARTS) is 1. The van der Waals surface area contributed by atoms with Crippen LogP contribution in [0.2, 0.25) is 0 Å². The molecule has 0 radical (unpaired) electrons. The lowest BCUT2D eigenvalue weighted by molar-refractivity contribution is -0.161. The van der Waals surface area contributed by atoms with Crippen LogP contribution in [0.3, 0.4) is 0 Å². The van der Waals surface area contributed by atoms with E-state index in [0.717, 1.165) is 28.9 Å². The Kier molecular flexibility index (Phi) is 8.99. The van der Waals surface area contributed by atoms with Crippen LogP contribution in [-0.4, -0.2) is 39.9 Å². The minimum Gasteiger partial charge on any atom is -0.480 e. The number of rotatable bonds is 9. The molecule has 1 saturated carbocycles. The Morgan fingerprint density at radius 2 is 1.38 bits per heavy atom. The van der Waals surface area contributed by atoms with Gasteiger partial charge in [-0.2, -0.15) is 0 Å². The van der Waals surface area contributed by atoms with E-state index >= 15 is 0 Å². The Balaban J connectivity index is 1.87. The molecule has 2 amide bonds. The van der Waals surface area contributed by atoms with Gasteiger partial charge in [0.1, 0.15) is 6.04 Å². The highest BCUT2D eigenvalue weighted by Crippen LogP contribution is 2.34. The summed E-state index contributed by atoms with van der Waals surface area (Å²) < 4.78 is 0. The molecule has 2 atom stereocenters. The molecule has 0 spiro atoms. The number of hydrogen-bond acceptors (Lipinski definition) is 4. The van der Waals surface area contributed by atoms with Gasteiger partial charge in [0, 0.05) is 12.3 Å². The third kappa shape index (κ3) is 6.54. The van der Waals surface area contributed by atoms with Crippen molar-refractivity contribution in [2.24, 2.45) is 23.5 Å². The number of carbonyl (C=O) groups is 3. The molecule has 0 saturated heterocycles. The van der Waals surface area contributed by atoms with Gasteiger partial charge < -0.3 is 10.8 Å². The molecule has 0 bridgehead atoms. The lowest BCUT2D eigenvalue weighted by Crippen LogP contribution is -2.57. The first-order valence-corrected chi connectivity index (χ1v) is 12.2. The Labute approximate surface area is 202 Å². The molecular formula is C28H36N2O4. The quantitative estimate of drug-likeness (QED) is 0.583. The molecule has 1 aliphatic carbocycles. The number of amides is 2. The summed E-state index contributed by atoms with van der Waals surface area (Å²) in [6.07, 6.45) is 3.42. The second kappa shape index (κ2) is 11.9. The number of benzene rings is 2. The molecule has 2 aromatic carbocycles. The fourth-order valence-corrected chi connectivity index (χ4v) is 4.91. The standard InChI is InChI=1S/C28H36N2O4/c1-19(2)22-13-15-23(16-14-22)26(31)30(25(28(33)34)18-21-11-7-4-8-12-21)27(32)24(29)17-20-9-5-3-6-10-20/h3-12,19,22-25H,13-18,29H2,1-2H3,(H,33,34). The topological polar surface area (TPSA) is 101 Å². The number of nitrogens with two attached hydrogens (primary N) is 1. The summed E-state index contributed by atoms with van der Waals surface area (Å²) in [7, 11) is 0. The second-order valence-corrected chi connectivity index (χ2v) is 9.74. The van der Waals surface area contributed by atoms with Gasteiger partial charge in [-0.15, -0.1) is 0 Å². The number of carboxylic acids is 1. The van der Waals surface area contributed by atoms with Crippen molar-refractivity contribution < 1.29 is 19.5 Å². The van der Waals surface area contributed by atoms with Crippen molar-refractivity contribution in [1.29, 1.82) is 0 Å². The van der Waals surface area contributed by atoms with Gasteiger partial charge in [-0.25, -0.2) is 4.79 Å². The van der Waals surface area contributed by atoms with Gasteiger partial charge in [0.25, 0.3) is 0 Å². The van der Waals surface area contributed by atoms with Crippen LogP contribution in [0.15, 0.2) is 60.7 Å². The molecule has 182 valence electrons. The lowest BCUT2D eigenvalue weighted by Gasteiger charge is -2.36. The van der Waals surface area contributed by atoms with Crippen molar-refractivity contribution in [2.75, 3.05) is 0 Å². The maximum Gasteiger partial charge on any atom is 0.327 e. The monoisotopic (exact) mass is 464 g/mol. The SMILES string of the molecule is CC(C)C1CCC(C(=O)N(C(=O)C(N)Cc2ccccc2)C(Cc2ccccc2)C(=O)O)CC1. The first kappa shape index (κ1) is 25.6. The van der Waals surface area contributed by atoms with Crippen LogP contribution < -0.4 is 5.73 Å². The molecule has 34 heavy (non-hydrogen) atoms. The third-order valence-electron chi connectivity index (χ3n) is 7.02. The molecule has 3 N–H and O–H groups in total. The lowest BCUT2D eigenvalue weighted by atomic mass is 9.76. The molecule has 1 fully saturated rings. The second-order valence-electron chi connectivity index (χ2n) is 9.74. The zero-order valence-electron chi connectivity index (χ0n) is 20.1. The van der Waals surface area contributed by atoms with Gasteiger partial charge in [0.15, 0.2) is 0 Å². The average Bonchev–Trinajstić information content (AvgIpc) is 2.84. The van der Waals surface area contributed by atoms with Gasteiger partial charge >= 0.3 is 5.97 Å². The highest BCUT2D eigenvalue weighted by Gasteiger charge is 2.41. The van der Waals surface area contributed by atoms with Crippen LogP contribution >= 0.6 is 0 Å². The average molecular weight is 465 g/mol. The number of carbonyl (C=O) groups excluding carboxylic acids is 2. The van der Waals surface area contributed by atoms with Gasteiger partial charge in [-0.1, -0.05) is 74.5 Å². The van der Waals surface area contributed by atoms with Gasteiger partial charge in [-0.05, 0) is 55.1 Å². The first-order chi connectivity index (χ1) is 16.3. The van der Waals surface area contributed by atoms with E-state index < -0.39 is 29.9 Å². The Hall–Kier alpha value is -2.99. The third-order valence-corrected chi connectivity index (χ3v) is 7.02. The highest BCUT2D eigenvalue weighted by atomic mass is 16.4. The van der Waals surface area contributed by atoms with Crippen molar-refractivity contribution in [2.45, 2.75) is 64.5 Å². The largest absolute Gasteiger partial charge is 0.480 e. The Bertz CT molecular complexity index is 953. The van der Waals surface area contributed by atoms with Gasteiger partial charge in [0.05, 0.1) is 6.04 Å². The fraction of sp³-hybridized carbons (Fsp3) is 0.464. The highest BCUT2D eigenvalue weighted by molar-refractivity contribution is 6.02. The molecule has 2 aromatic rings. The van der Waals surface area contributed by atoms with Gasteiger partial charge in [0.2, 0.25) is 11.8 Å². The maximum absolute atomic E-state index is 13.7. The van der Waals surface area contributed by atoms with E-state index in [9.17, 15) is 19.5 Å². The van der Waals surface area contributed by atoms with E-state index in [1.54, 1.807) is 12.1 Å². The van der Waals surface area contributed by atoms with Crippen LogP contribution in [-0.2, 0) is 27.2 Å². The van der Waals surface area contributed by atoms with Gasteiger partial charge in [-0.3, -0.25) is 14.5 Å². The predicted molar refractivity (Wildman–Crippen MR) is 132 cm³/mol. The smallest absolute Gasteiger partial charge is 0.327 e. The summed E-state index contributed by atoms with van der Waals surface area (Å²) in [6.45, 7) is 4.37. The first-order valence-electron chi connectivity index (χ1n) is 12.2. The minimum absolute atomic E-state index is 0.0487. The summed E-state index contributed by atoms with van der Waals surface area (Å²) in [5.74, 6) is -1.50. The molecule has 1 aliphatic rings. The molecule has 6 nitrogen and oxygen atoms in total.